The molecule has 0 bridgehead atoms. The number of piperidine rings is 1. The summed E-state index contributed by atoms with van der Waals surface area (Å²) in [6.07, 6.45) is 1.69. The number of fused-ring (bicyclic) bond motifs is 1. The third kappa shape index (κ3) is 4.28. The van der Waals surface area contributed by atoms with Crippen LogP contribution >= 0.6 is 11.3 Å². The zero-order valence-corrected chi connectivity index (χ0v) is 19.5. The van der Waals surface area contributed by atoms with Crippen LogP contribution in [0.15, 0.2) is 53.4 Å². The van der Waals surface area contributed by atoms with E-state index in [2.05, 4.69) is 12.2 Å². The largest absolute Gasteiger partial charge is 0.465 e. The molecule has 0 aliphatic carbocycles. The van der Waals surface area contributed by atoms with E-state index in [-0.39, 0.29) is 4.90 Å². The molecular weight excluding hydrogens is 448 g/mol. The molecule has 32 heavy (non-hydrogen) atoms. The molecule has 1 amide bonds. The van der Waals surface area contributed by atoms with Gasteiger partial charge < -0.3 is 10.1 Å². The smallest absolute Gasteiger partial charge is 0.350 e. The van der Waals surface area contributed by atoms with Crippen LogP contribution in [-0.2, 0) is 14.8 Å². The maximum absolute atomic E-state index is 12.9. The molecule has 1 aliphatic heterocycles. The Kier molecular flexibility index (Phi) is 6.32. The number of amides is 1. The third-order valence-corrected chi connectivity index (χ3v) is 8.77. The Balaban J connectivity index is 1.57. The number of esters is 1. The van der Waals surface area contributed by atoms with Crippen molar-refractivity contribution >= 4 is 49.0 Å². The highest BCUT2D eigenvalue weighted by Crippen LogP contribution is 2.36. The van der Waals surface area contributed by atoms with Crippen LogP contribution in [0.3, 0.4) is 0 Å². The lowest BCUT2D eigenvalue weighted by Crippen LogP contribution is -2.37. The highest BCUT2D eigenvalue weighted by molar-refractivity contribution is 7.89. The summed E-state index contributed by atoms with van der Waals surface area (Å²) in [5.74, 6) is -0.441. The van der Waals surface area contributed by atoms with Gasteiger partial charge in [0.1, 0.15) is 4.88 Å². The van der Waals surface area contributed by atoms with Gasteiger partial charge in [-0.1, -0.05) is 25.1 Å². The number of rotatable bonds is 5. The maximum atomic E-state index is 12.9. The summed E-state index contributed by atoms with van der Waals surface area (Å²) in [6.45, 7) is 3.14. The van der Waals surface area contributed by atoms with E-state index in [4.69, 9.17) is 4.74 Å². The SMILES string of the molecule is COC(=O)c1sc2ccccc2c1NC(=O)c1ccc(S(=O)(=O)N2CCC(C)CC2)cc1. The molecule has 0 unspecified atom stereocenters. The van der Waals surface area contributed by atoms with E-state index in [0.717, 1.165) is 22.9 Å². The predicted octanol–water partition coefficient (Wildman–Crippen LogP) is 4.36. The molecule has 7 nitrogen and oxygen atoms in total. The minimum Gasteiger partial charge on any atom is -0.465 e. The Morgan fingerprint density at radius 1 is 1.06 bits per heavy atom. The molecule has 0 spiro atoms. The van der Waals surface area contributed by atoms with Gasteiger partial charge in [-0.3, -0.25) is 4.79 Å². The van der Waals surface area contributed by atoms with E-state index in [0.29, 0.717) is 35.1 Å². The van der Waals surface area contributed by atoms with Gasteiger partial charge >= 0.3 is 5.97 Å². The first-order valence-corrected chi connectivity index (χ1v) is 12.6. The van der Waals surface area contributed by atoms with Crippen LogP contribution in [0.5, 0.6) is 0 Å². The van der Waals surface area contributed by atoms with Crippen molar-refractivity contribution in [3.63, 3.8) is 0 Å². The minimum atomic E-state index is -3.59. The van der Waals surface area contributed by atoms with Crippen molar-refractivity contribution in [2.75, 3.05) is 25.5 Å². The number of carbonyl (C=O) groups is 2. The van der Waals surface area contributed by atoms with Crippen LogP contribution in [0.1, 0.15) is 39.8 Å². The molecule has 0 saturated carbocycles. The van der Waals surface area contributed by atoms with Crippen LogP contribution in [0.2, 0.25) is 0 Å². The Hall–Kier alpha value is -2.75. The lowest BCUT2D eigenvalue weighted by atomic mass is 10.0. The summed E-state index contributed by atoms with van der Waals surface area (Å²) < 4.78 is 33.0. The number of ether oxygens (including phenoxy) is 1. The molecule has 2 heterocycles. The number of thiophene rings is 1. The van der Waals surface area contributed by atoms with Gasteiger partial charge in [0.15, 0.2) is 0 Å². The van der Waals surface area contributed by atoms with Crippen LogP contribution in [0.25, 0.3) is 10.1 Å². The summed E-state index contributed by atoms with van der Waals surface area (Å²) in [4.78, 5) is 25.6. The normalized spacial score (nSPS) is 15.6. The summed E-state index contributed by atoms with van der Waals surface area (Å²) in [7, 11) is -2.29. The summed E-state index contributed by atoms with van der Waals surface area (Å²) in [6, 6.07) is 13.2. The number of hydrogen-bond acceptors (Lipinski definition) is 6. The van der Waals surface area contributed by atoms with E-state index in [1.165, 1.54) is 47.0 Å². The van der Waals surface area contributed by atoms with Crippen LogP contribution in [-0.4, -0.2) is 44.8 Å². The fourth-order valence-electron chi connectivity index (χ4n) is 3.74. The van der Waals surface area contributed by atoms with Crippen molar-refractivity contribution in [3.8, 4) is 0 Å². The van der Waals surface area contributed by atoms with Crippen molar-refractivity contribution in [2.24, 2.45) is 5.92 Å². The first-order valence-electron chi connectivity index (χ1n) is 10.3. The summed E-state index contributed by atoms with van der Waals surface area (Å²) in [5.41, 5.74) is 0.684. The number of carbonyl (C=O) groups excluding carboxylic acids is 2. The lowest BCUT2D eigenvalue weighted by molar-refractivity contribution is 0.0607. The van der Waals surface area contributed by atoms with Gasteiger partial charge in [0, 0.05) is 28.7 Å². The van der Waals surface area contributed by atoms with Crippen molar-refractivity contribution in [1.29, 1.82) is 0 Å². The average molecular weight is 473 g/mol. The Morgan fingerprint density at radius 3 is 2.38 bits per heavy atom. The Morgan fingerprint density at radius 2 is 1.72 bits per heavy atom. The van der Waals surface area contributed by atoms with Gasteiger partial charge in [-0.15, -0.1) is 11.3 Å². The number of nitrogens with one attached hydrogen (secondary N) is 1. The zero-order chi connectivity index (χ0) is 22.9. The second-order valence-electron chi connectivity index (χ2n) is 7.86. The molecule has 3 aromatic rings. The second-order valence-corrected chi connectivity index (χ2v) is 10.8. The molecule has 1 aliphatic rings. The molecule has 9 heteroatoms. The number of anilines is 1. The van der Waals surface area contributed by atoms with E-state index in [1.807, 2.05) is 24.3 Å². The second kappa shape index (κ2) is 9.01. The minimum absolute atomic E-state index is 0.167. The Bertz CT molecular complexity index is 1260. The topological polar surface area (TPSA) is 92.8 Å². The van der Waals surface area contributed by atoms with Crippen LogP contribution in [0, 0.1) is 5.92 Å². The highest BCUT2D eigenvalue weighted by atomic mass is 32.2. The van der Waals surface area contributed by atoms with Gasteiger partial charge in [0.2, 0.25) is 10.0 Å². The van der Waals surface area contributed by atoms with Gasteiger partial charge in [0.25, 0.3) is 5.91 Å². The lowest BCUT2D eigenvalue weighted by Gasteiger charge is -2.29. The number of sulfonamides is 1. The van der Waals surface area contributed by atoms with E-state index in [1.54, 1.807) is 0 Å². The standard InChI is InChI=1S/C23H24N2O5S2/c1-15-11-13-25(14-12-15)32(28,29)17-9-7-16(8-10-17)22(26)24-20-18-5-3-4-6-19(18)31-21(20)23(27)30-2/h3-10,15H,11-14H2,1-2H3,(H,24,26). The molecule has 4 rings (SSSR count). The molecular formula is C23H24N2O5S2. The number of nitrogens with zero attached hydrogens (tertiary/aromatic N) is 1. The maximum Gasteiger partial charge on any atom is 0.350 e. The molecule has 0 atom stereocenters. The zero-order valence-electron chi connectivity index (χ0n) is 17.8. The van der Waals surface area contributed by atoms with Crippen molar-refractivity contribution < 1.29 is 22.7 Å². The van der Waals surface area contributed by atoms with Crippen molar-refractivity contribution in [1.82, 2.24) is 4.31 Å². The van der Waals surface area contributed by atoms with Gasteiger partial charge in [-0.2, -0.15) is 4.31 Å². The summed E-state index contributed by atoms with van der Waals surface area (Å²) >= 11 is 1.24. The highest BCUT2D eigenvalue weighted by Gasteiger charge is 2.28. The van der Waals surface area contributed by atoms with Crippen molar-refractivity contribution in [2.45, 2.75) is 24.7 Å². The van der Waals surface area contributed by atoms with Crippen LogP contribution in [0.4, 0.5) is 5.69 Å². The van der Waals surface area contributed by atoms with Crippen LogP contribution < -0.4 is 5.32 Å². The monoisotopic (exact) mass is 472 g/mol. The number of methoxy groups -OCH3 is 1. The quantitative estimate of drug-likeness (QED) is 0.557. The molecule has 1 saturated heterocycles. The molecule has 2 aromatic carbocycles. The van der Waals surface area contributed by atoms with Gasteiger partial charge in [-0.25, -0.2) is 13.2 Å². The molecule has 168 valence electrons. The fourth-order valence-corrected chi connectivity index (χ4v) is 6.29. The third-order valence-electron chi connectivity index (χ3n) is 5.70. The van der Waals surface area contributed by atoms with E-state index < -0.39 is 21.9 Å². The van der Waals surface area contributed by atoms with Crippen molar-refractivity contribution in [3.05, 3.63) is 59.0 Å². The number of hydrogen-bond donors (Lipinski definition) is 1. The predicted molar refractivity (Wildman–Crippen MR) is 125 cm³/mol. The molecule has 0 radical (unpaired) electrons. The summed E-state index contributed by atoms with van der Waals surface area (Å²) in [5, 5.41) is 3.54. The molecule has 1 fully saturated rings. The van der Waals surface area contributed by atoms with Gasteiger partial charge in [0.05, 0.1) is 17.7 Å². The van der Waals surface area contributed by atoms with Gasteiger partial charge in [-0.05, 0) is 49.1 Å². The molecule has 1 aromatic heterocycles. The first-order chi connectivity index (χ1) is 15.3. The fraction of sp³-hybridized carbons (Fsp3) is 0.304. The number of benzene rings is 2. The molecule has 1 N–H and O–H groups in total. The Labute approximate surface area is 191 Å². The average Bonchev–Trinajstić information content (AvgIpc) is 3.17. The first kappa shape index (κ1) is 22.4. The van der Waals surface area contributed by atoms with E-state index >= 15 is 0 Å². The van der Waals surface area contributed by atoms with E-state index in [9.17, 15) is 18.0 Å².